The Bertz CT molecular complexity index is 199. The number of aliphatic hydroxyl groups excluding tert-OH is 1. The SMILES string of the molecule is CC[C@@](O)(C[C@H](O)CNC(C)C)C(C)(C)C. The van der Waals surface area contributed by atoms with Gasteiger partial charge in [-0.1, -0.05) is 41.5 Å². The molecular formula is C13H29NO2. The first kappa shape index (κ1) is 15.9. The van der Waals surface area contributed by atoms with E-state index in [2.05, 4.69) is 5.32 Å². The molecule has 0 aliphatic rings. The third-order valence-corrected chi connectivity index (χ3v) is 3.32. The fourth-order valence-corrected chi connectivity index (χ4v) is 1.81. The summed E-state index contributed by atoms with van der Waals surface area (Å²) in [7, 11) is 0. The van der Waals surface area contributed by atoms with Crippen LogP contribution in [0.5, 0.6) is 0 Å². The number of nitrogens with one attached hydrogen (secondary N) is 1. The summed E-state index contributed by atoms with van der Waals surface area (Å²) in [5.74, 6) is 0. The summed E-state index contributed by atoms with van der Waals surface area (Å²) >= 11 is 0. The van der Waals surface area contributed by atoms with E-state index in [1.54, 1.807) is 0 Å². The molecule has 3 heteroatoms. The van der Waals surface area contributed by atoms with Crippen LogP contribution in [0.4, 0.5) is 0 Å². The van der Waals surface area contributed by atoms with Crippen molar-refractivity contribution in [1.82, 2.24) is 5.32 Å². The zero-order valence-corrected chi connectivity index (χ0v) is 11.7. The molecule has 0 fully saturated rings. The van der Waals surface area contributed by atoms with Gasteiger partial charge >= 0.3 is 0 Å². The van der Waals surface area contributed by atoms with E-state index in [1.807, 2.05) is 41.5 Å². The minimum atomic E-state index is -0.801. The Morgan fingerprint density at radius 2 is 1.69 bits per heavy atom. The van der Waals surface area contributed by atoms with Crippen molar-refractivity contribution in [3.63, 3.8) is 0 Å². The van der Waals surface area contributed by atoms with Crippen LogP contribution in [0, 0.1) is 5.41 Å². The van der Waals surface area contributed by atoms with Crippen molar-refractivity contribution in [2.75, 3.05) is 6.54 Å². The molecular weight excluding hydrogens is 202 g/mol. The minimum absolute atomic E-state index is 0.208. The van der Waals surface area contributed by atoms with Gasteiger partial charge < -0.3 is 15.5 Å². The number of hydrogen-bond donors (Lipinski definition) is 3. The van der Waals surface area contributed by atoms with Crippen LogP contribution in [-0.4, -0.2) is 34.5 Å². The molecule has 0 aliphatic heterocycles. The first-order valence-corrected chi connectivity index (χ1v) is 6.26. The van der Waals surface area contributed by atoms with E-state index in [1.165, 1.54) is 0 Å². The minimum Gasteiger partial charge on any atom is -0.392 e. The van der Waals surface area contributed by atoms with E-state index in [4.69, 9.17) is 0 Å². The summed E-state index contributed by atoms with van der Waals surface area (Å²) in [6, 6.07) is 0.360. The molecule has 0 aromatic carbocycles. The highest BCUT2D eigenvalue weighted by Crippen LogP contribution is 2.36. The van der Waals surface area contributed by atoms with Gasteiger partial charge in [0.1, 0.15) is 0 Å². The van der Waals surface area contributed by atoms with Crippen LogP contribution in [0.3, 0.4) is 0 Å². The molecule has 3 N–H and O–H groups in total. The third-order valence-electron chi connectivity index (χ3n) is 3.32. The molecule has 98 valence electrons. The van der Waals surface area contributed by atoms with Gasteiger partial charge in [0.15, 0.2) is 0 Å². The zero-order chi connectivity index (χ0) is 13.0. The highest BCUT2D eigenvalue weighted by atomic mass is 16.3. The third kappa shape index (κ3) is 4.81. The van der Waals surface area contributed by atoms with E-state index in [-0.39, 0.29) is 5.41 Å². The highest BCUT2D eigenvalue weighted by Gasteiger charge is 2.39. The summed E-state index contributed by atoms with van der Waals surface area (Å²) in [6.07, 6.45) is 0.591. The van der Waals surface area contributed by atoms with Crippen molar-refractivity contribution in [2.45, 2.75) is 72.1 Å². The van der Waals surface area contributed by atoms with Gasteiger partial charge in [0.25, 0.3) is 0 Å². The van der Waals surface area contributed by atoms with Crippen LogP contribution < -0.4 is 5.32 Å². The molecule has 0 radical (unpaired) electrons. The lowest BCUT2D eigenvalue weighted by Crippen LogP contribution is -2.47. The molecule has 0 spiro atoms. The van der Waals surface area contributed by atoms with Crippen molar-refractivity contribution in [1.29, 1.82) is 0 Å². The summed E-state index contributed by atoms with van der Waals surface area (Å²) in [5, 5.41) is 23.6. The van der Waals surface area contributed by atoms with Crippen molar-refractivity contribution in [3.8, 4) is 0 Å². The van der Waals surface area contributed by atoms with E-state index in [9.17, 15) is 10.2 Å². The van der Waals surface area contributed by atoms with Gasteiger partial charge in [-0.3, -0.25) is 0 Å². The zero-order valence-electron chi connectivity index (χ0n) is 11.7. The van der Waals surface area contributed by atoms with E-state index in [0.717, 1.165) is 0 Å². The first-order valence-electron chi connectivity index (χ1n) is 6.26. The quantitative estimate of drug-likeness (QED) is 0.654. The van der Waals surface area contributed by atoms with Crippen LogP contribution in [0.15, 0.2) is 0 Å². The van der Waals surface area contributed by atoms with Gasteiger partial charge in [-0.05, 0) is 11.8 Å². The largest absolute Gasteiger partial charge is 0.392 e. The summed E-state index contributed by atoms with van der Waals surface area (Å²) in [5.41, 5.74) is -1.01. The summed E-state index contributed by atoms with van der Waals surface area (Å²) in [4.78, 5) is 0. The molecule has 0 aromatic heterocycles. The lowest BCUT2D eigenvalue weighted by atomic mass is 9.72. The molecule has 0 unspecified atom stereocenters. The molecule has 0 bridgehead atoms. The maximum Gasteiger partial charge on any atom is 0.0718 e. The van der Waals surface area contributed by atoms with Gasteiger partial charge in [0.05, 0.1) is 11.7 Å². The van der Waals surface area contributed by atoms with Crippen LogP contribution in [0.25, 0.3) is 0 Å². The van der Waals surface area contributed by atoms with Gasteiger partial charge in [0.2, 0.25) is 0 Å². The van der Waals surface area contributed by atoms with Gasteiger partial charge in [-0.2, -0.15) is 0 Å². The lowest BCUT2D eigenvalue weighted by molar-refractivity contribution is -0.0910. The molecule has 16 heavy (non-hydrogen) atoms. The first-order chi connectivity index (χ1) is 7.12. The average molecular weight is 231 g/mol. The Hall–Kier alpha value is -0.120. The molecule has 3 nitrogen and oxygen atoms in total. The topological polar surface area (TPSA) is 52.5 Å². The van der Waals surface area contributed by atoms with Crippen molar-refractivity contribution in [3.05, 3.63) is 0 Å². The number of aliphatic hydroxyl groups is 2. The highest BCUT2D eigenvalue weighted by molar-refractivity contribution is 4.91. The standard InChI is InChI=1S/C13H29NO2/c1-7-13(16,12(4,5)6)8-11(15)9-14-10(2)3/h10-11,14-16H,7-9H2,1-6H3/t11-,13+/m0/s1. The summed E-state index contributed by atoms with van der Waals surface area (Å²) in [6.45, 7) is 12.6. The Morgan fingerprint density at radius 1 is 1.19 bits per heavy atom. The normalized spacial score (nSPS) is 18.6. The van der Waals surface area contributed by atoms with E-state index >= 15 is 0 Å². The molecule has 0 saturated heterocycles. The van der Waals surface area contributed by atoms with Crippen molar-refractivity contribution < 1.29 is 10.2 Å². The molecule has 0 rings (SSSR count). The fraction of sp³-hybridized carbons (Fsp3) is 1.00. The van der Waals surface area contributed by atoms with Crippen molar-refractivity contribution in [2.24, 2.45) is 5.41 Å². The van der Waals surface area contributed by atoms with E-state index in [0.29, 0.717) is 25.4 Å². The van der Waals surface area contributed by atoms with Crippen molar-refractivity contribution >= 4 is 0 Å². The second kappa shape index (κ2) is 5.99. The second-order valence-corrected chi connectivity index (χ2v) is 6.06. The monoisotopic (exact) mass is 231 g/mol. The molecule has 0 saturated carbocycles. The molecule has 0 amide bonds. The average Bonchev–Trinajstić information content (AvgIpc) is 2.12. The summed E-state index contributed by atoms with van der Waals surface area (Å²) < 4.78 is 0. The number of rotatable bonds is 6. The molecule has 0 aromatic rings. The Morgan fingerprint density at radius 3 is 2.00 bits per heavy atom. The predicted molar refractivity (Wildman–Crippen MR) is 68.5 cm³/mol. The fourth-order valence-electron chi connectivity index (χ4n) is 1.81. The van der Waals surface area contributed by atoms with Gasteiger partial charge in [0, 0.05) is 19.0 Å². The van der Waals surface area contributed by atoms with Crippen LogP contribution in [-0.2, 0) is 0 Å². The van der Waals surface area contributed by atoms with Crippen LogP contribution >= 0.6 is 0 Å². The van der Waals surface area contributed by atoms with Gasteiger partial charge in [-0.25, -0.2) is 0 Å². The van der Waals surface area contributed by atoms with Gasteiger partial charge in [-0.15, -0.1) is 0 Å². The number of hydrogen-bond acceptors (Lipinski definition) is 3. The lowest BCUT2D eigenvalue weighted by Gasteiger charge is -2.41. The van der Waals surface area contributed by atoms with Crippen LogP contribution in [0.1, 0.15) is 54.4 Å². The van der Waals surface area contributed by atoms with E-state index < -0.39 is 11.7 Å². The predicted octanol–water partition coefficient (Wildman–Crippen LogP) is 1.92. The smallest absolute Gasteiger partial charge is 0.0718 e. The maximum absolute atomic E-state index is 10.5. The Balaban J connectivity index is 4.32. The molecule has 0 heterocycles. The van der Waals surface area contributed by atoms with Crippen LogP contribution in [0.2, 0.25) is 0 Å². The Labute approximate surface area is 100 Å². The Kier molecular flexibility index (Phi) is 5.94. The molecule has 0 aliphatic carbocycles. The molecule has 2 atom stereocenters. The second-order valence-electron chi connectivity index (χ2n) is 6.06. The maximum atomic E-state index is 10.5.